The predicted octanol–water partition coefficient (Wildman–Crippen LogP) is 3.99. The summed E-state index contributed by atoms with van der Waals surface area (Å²) in [4.78, 5) is 0. The van der Waals surface area contributed by atoms with Crippen LogP contribution in [0.1, 0.15) is 36.1 Å². The molecular formula is C18H23NO. The third kappa shape index (κ3) is 3.92. The van der Waals surface area contributed by atoms with E-state index in [-0.39, 0.29) is 12.1 Å². The SMILES string of the molecule is CCC(N)C(OCc1ccccc1)c1ccc(C)cc1. The monoisotopic (exact) mass is 269 g/mol. The molecule has 2 N–H and O–H groups in total. The van der Waals surface area contributed by atoms with Crippen molar-refractivity contribution in [3.63, 3.8) is 0 Å². The van der Waals surface area contributed by atoms with Gasteiger partial charge in [0, 0.05) is 6.04 Å². The zero-order valence-electron chi connectivity index (χ0n) is 12.3. The van der Waals surface area contributed by atoms with E-state index >= 15 is 0 Å². The minimum absolute atomic E-state index is 0.0152. The van der Waals surface area contributed by atoms with Crippen LogP contribution in [0.4, 0.5) is 0 Å². The molecule has 2 heteroatoms. The van der Waals surface area contributed by atoms with Crippen LogP contribution in [0.3, 0.4) is 0 Å². The third-order valence-electron chi connectivity index (χ3n) is 3.54. The van der Waals surface area contributed by atoms with Crippen LogP contribution in [0.2, 0.25) is 0 Å². The maximum Gasteiger partial charge on any atom is 0.0980 e. The van der Waals surface area contributed by atoms with E-state index in [1.807, 2.05) is 18.2 Å². The molecule has 0 heterocycles. The van der Waals surface area contributed by atoms with Gasteiger partial charge in [0.2, 0.25) is 0 Å². The molecule has 0 aliphatic heterocycles. The lowest BCUT2D eigenvalue weighted by Crippen LogP contribution is -2.29. The van der Waals surface area contributed by atoms with E-state index < -0.39 is 0 Å². The molecule has 0 saturated carbocycles. The Balaban J connectivity index is 2.10. The molecule has 2 rings (SSSR count). The van der Waals surface area contributed by atoms with E-state index in [4.69, 9.17) is 10.5 Å². The fraction of sp³-hybridized carbons (Fsp3) is 0.333. The first-order chi connectivity index (χ1) is 9.70. The average molecular weight is 269 g/mol. The number of hydrogen-bond donors (Lipinski definition) is 1. The second-order valence-electron chi connectivity index (χ2n) is 5.20. The van der Waals surface area contributed by atoms with Gasteiger partial charge in [-0.2, -0.15) is 0 Å². The molecule has 0 aliphatic carbocycles. The van der Waals surface area contributed by atoms with Crippen LogP contribution in [0.25, 0.3) is 0 Å². The summed E-state index contributed by atoms with van der Waals surface area (Å²) < 4.78 is 6.08. The number of rotatable bonds is 6. The van der Waals surface area contributed by atoms with E-state index in [1.54, 1.807) is 0 Å². The molecule has 2 atom stereocenters. The Kier molecular flexibility index (Phi) is 5.33. The molecule has 0 spiro atoms. The topological polar surface area (TPSA) is 35.2 Å². The van der Waals surface area contributed by atoms with Crippen LogP contribution in [-0.4, -0.2) is 6.04 Å². The Morgan fingerprint density at radius 2 is 1.65 bits per heavy atom. The van der Waals surface area contributed by atoms with Gasteiger partial charge in [-0.05, 0) is 24.5 Å². The molecule has 2 aromatic carbocycles. The molecule has 0 amide bonds. The summed E-state index contributed by atoms with van der Waals surface area (Å²) >= 11 is 0. The number of benzene rings is 2. The Morgan fingerprint density at radius 3 is 2.25 bits per heavy atom. The van der Waals surface area contributed by atoms with Crippen LogP contribution < -0.4 is 5.73 Å². The molecule has 0 aromatic heterocycles. The highest BCUT2D eigenvalue weighted by molar-refractivity contribution is 5.24. The number of nitrogens with two attached hydrogens (primary N) is 1. The van der Waals surface area contributed by atoms with Crippen LogP contribution >= 0.6 is 0 Å². The first-order valence-electron chi connectivity index (χ1n) is 7.18. The zero-order valence-corrected chi connectivity index (χ0v) is 12.3. The average Bonchev–Trinajstić information content (AvgIpc) is 2.50. The molecule has 2 aromatic rings. The van der Waals surface area contributed by atoms with E-state index in [1.165, 1.54) is 11.1 Å². The van der Waals surface area contributed by atoms with Gasteiger partial charge in [-0.15, -0.1) is 0 Å². The predicted molar refractivity (Wildman–Crippen MR) is 83.4 cm³/mol. The van der Waals surface area contributed by atoms with Crippen molar-refractivity contribution in [3.05, 3.63) is 71.3 Å². The lowest BCUT2D eigenvalue weighted by atomic mass is 10.00. The van der Waals surface area contributed by atoms with Crippen molar-refractivity contribution in [1.29, 1.82) is 0 Å². The molecule has 0 radical (unpaired) electrons. The van der Waals surface area contributed by atoms with E-state index in [0.717, 1.165) is 12.0 Å². The van der Waals surface area contributed by atoms with Crippen LogP contribution in [0.15, 0.2) is 54.6 Å². The summed E-state index contributed by atoms with van der Waals surface area (Å²) in [6.07, 6.45) is 0.841. The smallest absolute Gasteiger partial charge is 0.0980 e. The summed E-state index contributed by atoms with van der Waals surface area (Å²) in [5.74, 6) is 0. The second kappa shape index (κ2) is 7.22. The first kappa shape index (κ1) is 14.8. The number of ether oxygens (including phenoxy) is 1. The first-order valence-corrected chi connectivity index (χ1v) is 7.18. The highest BCUT2D eigenvalue weighted by Gasteiger charge is 2.19. The second-order valence-corrected chi connectivity index (χ2v) is 5.20. The zero-order chi connectivity index (χ0) is 14.4. The summed E-state index contributed by atoms with van der Waals surface area (Å²) in [5.41, 5.74) is 9.80. The summed E-state index contributed by atoms with van der Waals surface area (Å²) in [6.45, 7) is 4.77. The molecule has 2 nitrogen and oxygen atoms in total. The fourth-order valence-electron chi connectivity index (χ4n) is 2.20. The normalized spacial score (nSPS) is 13.9. The summed E-state index contributed by atoms with van der Waals surface area (Å²) in [7, 11) is 0. The highest BCUT2D eigenvalue weighted by atomic mass is 16.5. The highest BCUT2D eigenvalue weighted by Crippen LogP contribution is 2.24. The van der Waals surface area contributed by atoms with Crippen molar-refractivity contribution >= 4 is 0 Å². The number of aryl methyl sites for hydroxylation is 1. The van der Waals surface area contributed by atoms with Gasteiger partial charge in [0.05, 0.1) is 12.7 Å². The molecule has 2 unspecified atom stereocenters. The van der Waals surface area contributed by atoms with Crippen molar-refractivity contribution in [1.82, 2.24) is 0 Å². The molecule has 0 bridgehead atoms. The van der Waals surface area contributed by atoms with Crippen molar-refractivity contribution < 1.29 is 4.74 Å². The molecule has 0 aliphatic rings. The van der Waals surface area contributed by atoms with Gasteiger partial charge in [-0.3, -0.25) is 0 Å². The van der Waals surface area contributed by atoms with Crippen molar-refractivity contribution in [2.45, 2.75) is 39.0 Å². The minimum atomic E-state index is -0.0548. The van der Waals surface area contributed by atoms with Gasteiger partial charge in [-0.25, -0.2) is 0 Å². The lowest BCUT2D eigenvalue weighted by Gasteiger charge is -2.24. The largest absolute Gasteiger partial charge is 0.367 e. The molecule has 0 fully saturated rings. The van der Waals surface area contributed by atoms with Crippen molar-refractivity contribution in [2.24, 2.45) is 5.73 Å². The Morgan fingerprint density at radius 1 is 1.00 bits per heavy atom. The molecular weight excluding hydrogens is 246 g/mol. The van der Waals surface area contributed by atoms with Crippen molar-refractivity contribution in [2.75, 3.05) is 0 Å². The van der Waals surface area contributed by atoms with Crippen LogP contribution in [-0.2, 0) is 11.3 Å². The Hall–Kier alpha value is -1.64. The Bertz CT molecular complexity index is 507. The van der Waals surface area contributed by atoms with Crippen LogP contribution in [0.5, 0.6) is 0 Å². The van der Waals surface area contributed by atoms with Gasteiger partial charge in [-0.1, -0.05) is 67.1 Å². The quantitative estimate of drug-likeness (QED) is 0.860. The number of hydrogen-bond acceptors (Lipinski definition) is 2. The van der Waals surface area contributed by atoms with Crippen LogP contribution in [0, 0.1) is 6.92 Å². The van der Waals surface area contributed by atoms with E-state index in [9.17, 15) is 0 Å². The summed E-state index contributed by atoms with van der Waals surface area (Å²) in [6, 6.07) is 18.7. The van der Waals surface area contributed by atoms with Gasteiger partial charge in [0.15, 0.2) is 0 Å². The molecule has 20 heavy (non-hydrogen) atoms. The minimum Gasteiger partial charge on any atom is -0.367 e. The van der Waals surface area contributed by atoms with Crippen molar-refractivity contribution in [3.8, 4) is 0 Å². The van der Waals surface area contributed by atoms with Gasteiger partial charge < -0.3 is 10.5 Å². The maximum atomic E-state index is 6.23. The standard InChI is InChI=1S/C18H23NO/c1-3-17(19)18(16-11-9-14(2)10-12-16)20-13-15-7-5-4-6-8-15/h4-12,17-18H,3,13,19H2,1-2H3. The Labute approximate surface area is 121 Å². The molecule has 106 valence electrons. The fourth-order valence-corrected chi connectivity index (χ4v) is 2.20. The summed E-state index contributed by atoms with van der Waals surface area (Å²) in [5, 5.41) is 0. The molecule has 0 saturated heterocycles. The van der Waals surface area contributed by atoms with Gasteiger partial charge in [0.25, 0.3) is 0 Å². The van der Waals surface area contributed by atoms with E-state index in [2.05, 4.69) is 50.2 Å². The van der Waals surface area contributed by atoms with Gasteiger partial charge >= 0.3 is 0 Å². The lowest BCUT2D eigenvalue weighted by molar-refractivity contribution is 0.0212. The van der Waals surface area contributed by atoms with E-state index in [0.29, 0.717) is 6.61 Å². The maximum absolute atomic E-state index is 6.23. The van der Waals surface area contributed by atoms with Gasteiger partial charge in [0.1, 0.15) is 0 Å². The third-order valence-corrected chi connectivity index (χ3v) is 3.54.